The zero-order valence-electron chi connectivity index (χ0n) is 12.2. The highest BCUT2D eigenvalue weighted by Crippen LogP contribution is 2.41. The molecule has 2 N–H and O–H groups in total. The molecule has 22 heavy (non-hydrogen) atoms. The fraction of sp³-hybridized carbons (Fsp3) is 0.438. The van der Waals surface area contributed by atoms with Crippen molar-refractivity contribution in [3.05, 3.63) is 29.3 Å². The molecule has 1 saturated carbocycles. The van der Waals surface area contributed by atoms with Crippen LogP contribution in [-0.4, -0.2) is 23.5 Å². The van der Waals surface area contributed by atoms with Crippen molar-refractivity contribution in [1.82, 2.24) is 4.98 Å². The molecule has 6 heteroatoms. The second-order valence-electron chi connectivity index (χ2n) is 5.59. The molecule has 0 unspecified atom stereocenters. The Hall–Kier alpha value is -1.95. The number of amides is 1. The molecular formula is C16H18N2O3S. The number of benzene rings is 1. The Kier molecular flexibility index (Phi) is 4.38. The lowest BCUT2D eigenvalue weighted by atomic mass is 9.79. The highest BCUT2D eigenvalue weighted by atomic mass is 32.1. The summed E-state index contributed by atoms with van der Waals surface area (Å²) in [6.07, 6.45) is 3.78. The number of nitrogens with two attached hydrogens (primary N) is 1. The van der Waals surface area contributed by atoms with Gasteiger partial charge < -0.3 is 10.5 Å². The molecular weight excluding hydrogens is 300 g/mol. The van der Waals surface area contributed by atoms with Crippen molar-refractivity contribution in [3.63, 3.8) is 0 Å². The summed E-state index contributed by atoms with van der Waals surface area (Å²) in [5.41, 5.74) is 6.01. The first-order valence-corrected chi connectivity index (χ1v) is 8.27. The molecule has 1 aromatic heterocycles. The second kappa shape index (κ2) is 6.44. The molecule has 0 bridgehead atoms. The van der Waals surface area contributed by atoms with E-state index in [0.29, 0.717) is 0 Å². The lowest BCUT2D eigenvalue weighted by Crippen LogP contribution is -2.30. The molecule has 1 aliphatic rings. The number of hydrogen-bond acceptors (Lipinski definition) is 5. The fourth-order valence-electron chi connectivity index (χ4n) is 3.01. The van der Waals surface area contributed by atoms with Crippen molar-refractivity contribution in [3.8, 4) is 0 Å². The summed E-state index contributed by atoms with van der Waals surface area (Å²) in [5.74, 6) is -1.11. The van der Waals surface area contributed by atoms with Gasteiger partial charge >= 0.3 is 5.97 Å². The van der Waals surface area contributed by atoms with Crippen LogP contribution < -0.4 is 5.73 Å². The molecule has 1 heterocycles. The van der Waals surface area contributed by atoms with Gasteiger partial charge in [-0.3, -0.25) is 9.59 Å². The Morgan fingerprint density at radius 3 is 2.82 bits per heavy atom. The molecule has 3 rings (SSSR count). The predicted octanol–water partition coefficient (Wildman–Crippen LogP) is 2.60. The van der Waals surface area contributed by atoms with Crippen LogP contribution in [0.15, 0.2) is 24.3 Å². The molecule has 0 saturated heterocycles. The third kappa shape index (κ3) is 3.11. The van der Waals surface area contributed by atoms with Crippen molar-refractivity contribution < 1.29 is 14.3 Å². The van der Waals surface area contributed by atoms with E-state index < -0.39 is 5.91 Å². The molecule has 1 fully saturated rings. The minimum atomic E-state index is -0.624. The lowest BCUT2D eigenvalue weighted by Gasteiger charge is -2.28. The van der Waals surface area contributed by atoms with E-state index in [1.807, 2.05) is 24.3 Å². The number of aromatic nitrogens is 1. The summed E-state index contributed by atoms with van der Waals surface area (Å²) in [6.45, 7) is -0.345. The highest BCUT2D eigenvalue weighted by Gasteiger charge is 2.35. The third-order valence-corrected chi connectivity index (χ3v) is 5.22. The normalized spacial score (nSPS) is 21.6. The maximum absolute atomic E-state index is 12.2. The number of carbonyl (C=O) groups excluding carboxylic acids is 2. The Morgan fingerprint density at radius 1 is 1.27 bits per heavy atom. The van der Waals surface area contributed by atoms with Crippen molar-refractivity contribution in [2.75, 3.05) is 6.61 Å². The Bertz CT molecular complexity index is 665. The summed E-state index contributed by atoms with van der Waals surface area (Å²) >= 11 is 1.64. The van der Waals surface area contributed by atoms with Crippen molar-refractivity contribution >= 4 is 33.4 Å². The van der Waals surface area contributed by atoms with Crippen LogP contribution in [-0.2, 0) is 14.3 Å². The van der Waals surface area contributed by atoms with Gasteiger partial charge in [0.1, 0.15) is 0 Å². The third-order valence-electron chi connectivity index (χ3n) is 4.05. The van der Waals surface area contributed by atoms with Gasteiger partial charge in [0.2, 0.25) is 0 Å². The maximum atomic E-state index is 12.2. The zero-order chi connectivity index (χ0) is 15.5. The van der Waals surface area contributed by atoms with Crippen LogP contribution in [0.5, 0.6) is 0 Å². The average Bonchev–Trinajstić information content (AvgIpc) is 2.96. The number of hydrogen-bond donors (Lipinski definition) is 1. The van der Waals surface area contributed by atoms with Crippen molar-refractivity contribution in [1.29, 1.82) is 0 Å². The van der Waals surface area contributed by atoms with Crippen LogP contribution in [0.25, 0.3) is 10.2 Å². The number of esters is 1. The second-order valence-corrected chi connectivity index (χ2v) is 6.65. The van der Waals surface area contributed by atoms with E-state index in [-0.39, 0.29) is 24.4 Å². The van der Waals surface area contributed by atoms with Crippen LogP contribution in [0.2, 0.25) is 0 Å². The van der Waals surface area contributed by atoms with Crippen molar-refractivity contribution in [2.24, 2.45) is 11.7 Å². The number of fused-ring (bicyclic) bond motifs is 1. The van der Waals surface area contributed by atoms with Gasteiger partial charge in [-0.15, -0.1) is 11.3 Å². The molecule has 116 valence electrons. The molecule has 5 nitrogen and oxygen atoms in total. The smallest absolute Gasteiger partial charge is 0.310 e. The Morgan fingerprint density at radius 2 is 2.05 bits per heavy atom. The SMILES string of the molecule is NC(=O)COC(=O)[C@@H]1CCCC[C@H]1c1nc2ccccc2s1. The first-order valence-electron chi connectivity index (χ1n) is 7.45. The van der Waals surface area contributed by atoms with Crippen LogP contribution in [0.3, 0.4) is 0 Å². The molecule has 1 aliphatic carbocycles. The number of nitrogens with zero attached hydrogens (tertiary/aromatic N) is 1. The summed E-state index contributed by atoms with van der Waals surface area (Å²) in [5, 5.41) is 0.988. The van der Waals surface area contributed by atoms with E-state index in [4.69, 9.17) is 10.5 Å². The minimum absolute atomic E-state index is 0.0755. The van der Waals surface area contributed by atoms with E-state index in [0.717, 1.165) is 40.9 Å². The van der Waals surface area contributed by atoms with Crippen LogP contribution >= 0.6 is 11.3 Å². The van der Waals surface area contributed by atoms with Gasteiger partial charge in [0.25, 0.3) is 5.91 Å². The topological polar surface area (TPSA) is 82.3 Å². The first kappa shape index (κ1) is 15.0. The number of para-hydroxylation sites is 1. The highest BCUT2D eigenvalue weighted by molar-refractivity contribution is 7.18. The van der Waals surface area contributed by atoms with E-state index >= 15 is 0 Å². The summed E-state index contributed by atoms with van der Waals surface area (Å²) < 4.78 is 6.16. The molecule has 2 atom stereocenters. The van der Waals surface area contributed by atoms with Crippen LogP contribution in [0.4, 0.5) is 0 Å². The minimum Gasteiger partial charge on any atom is -0.455 e. The largest absolute Gasteiger partial charge is 0.455 e. The molecule has 2 aromatic rings. The molecule has 0 radical (unpaired) electrons. The standard InChI is InChI=1S/C16H18N2O3S/c17-14(19)9-21-16(20)11-6-2-1-5-10(11)15-18-12-7-3-4-8-13(12)22-15/h3-4,7-8,10-11H,1-2,5-6,9H2,(H2,17,19)/t10-,11-/m1/s1. The number of primary amides is 1. The van der Waals surface area contributed by atoms with E-state index in [1.54, 1.807) is 11.3 Å². The van der Waals surface area contributed by atoms with Gasteiger partial charge in [0.05, 0.1) is 21.1 Å². The van der Waals surface area contributed by atoms with Gasteiger partial charge in [0, 0.05) is 5.92 Å². The summed E-state index contributed by atoms with van der Waals surface area (Å²) in [7, 11) is 0. The number of rotatable bonds is 4. The Labute approximate surface area is 132 Å². The van der Waals surface area contributed by atoms with Gasteiger partial charge in [-0.2, -0.15) is 0 Å². The summed E-state index contributed by atoms with van der Waals surface area (Å²) in [4.78, 5) is 27.7. The number of carbonyl (C=O) groups is 2. The molecule has 1 aromatic carbocycles. The monoisotopic (exact) mass is 318 g/mol. The quantitative estimate of drug-likeness (QED) is 0.878. The van der Waals surface area contributed by atoms with Crippen LogP contribution in [0.1, 0.15) is 36.6 Å². The molecule has 1 amide bonds. The molecule has 0 spiro atoms. The fourth-order valence-corrected chi connectivity index (χ4v) is 4.17. The van der Waals surface area contributed by atoms with E-state index in [9.17, 15) is 9.59 Å². The van der Waals surface area contributed by atoms with E-state index in [1.165, 1.54) is 0 Å². The lowest BCUT2D eigenvalue weighted by molar-refractivity contribution is -0.153. The predicted molar refractivity (Wildman–Crippen MR) is 84.5 cm³/mol. The zero-order valence-corrected chi connectivity index (χ0v) is 13.0. The van der Waals surface area contributed by atoms with E-state index in [2.05, 4.69) is 4.98 Å². The first-order chi connectivity index (χ1) is 10.6. The van der Waals surface area contributed by atoms with Gasteiger partial charge in [-0.1, -0.05) is 25.0 Å². The van der Waals surface area contributed by atoms with Crippen LogP contribution in [0, 0.1) is 5.92 Å². The van der Waals surface area contributed by atoms with Gasteiger partial charge in [-0.25, -0.2) is 4.98 Å². The average molecular weight is 318 g/mol. The number of thiazole rings is 1. The van der Waals surface area contributed by atoms with Crippen molar-refractivity contribution in [2.45, 2.75) is 31.6 Å². The number of ether oxygens (including phenoxy) is 1. The van der Waals surface area contributed by atoms with Gasteiger partial charge in [0.15, 0.2) is 6.61 Å². The molecule has 0 aliphatic heterocycles. The maximum Gasteiger partial charge on any atom is 0.310 e. The Balaban J connectivity index is 1.82. The summed E-state index contributed by atoms with van der Waals surface area (Å²) in [6, 6.07) is 7.98. The van der Waals surface area contributed by atoms with Gasteiger partial charge in [-0.05, 0) is 25.0 Å².